The lowest BCUT2D eigenvalue weighted by atomic mass is 10.0. The van der Waals surface area contributed by atoms with Gasteiger partial charge in [0.2, 0.25) is 0 Å². The van der Waals surface area contributed by atoms with Gasteiger partial charge in [-0.1, -0.05) is 268 Å². The first kappa shape index (κ1) is 65.1. The van der Waals surface area contributed by atoms with Gasteiger partial charge in [-0.3, -0.25) is 14.4 Å². The molecule has 0 aliphatic carbocycles. The summed E-state index contributed by atoms with van der Waals surface area (Å²) in [4.78, 5) is 38.2. The molecule has 0 radical (unpaired) electrons. The van der Waals surface area contributed by atoms with E-state index in [-0.39, 0.29) is 31.1 Å². The van der Waals surface area contributed by atoms with E-state index < -0.39 is 6.10 Å². The summed E-state index contributed by atoms with van der Waals surface area (Å²) in [6, 6.07) is 0. The molecule has 0 heterocycles. The standard InChI is InChI=1S/C62H110O6/c1-4-7-10-13-16-19-22-25-28-29-30-31-32-35-37-40-43-46-49-52-55-61(64)67-58-59(68-62(65)56-53-50-47-44-41-38-34-27-24-21-18-15-12-9-6-3)57-66-60(63)54-51-48-45-42-39-36-33-26-23-20-17-14-11-8-5-2/h14,17-18,20-21,23,26-27,33-34,59H,4-13,15-16,19,22,24-25,28-32,35-58H2,1-3H3/b17-14-,21-18-,23-20+,33-26-,34-27-. The van der Waals surface area contributed by atoms with E-state index in [0.29, 0.717) is 19.3 Å². The zero-order chi connectivity index (χ0) is 49.3. The van der Waals surface area contributed by atoms with Crippen molar-refractivity contribution in [3.8, 4) is 0 Å². The zero-order valence-corrected chi connectivity index (χ0v) is 45.1. The molecule has 0 N–H and O–H groups in total. The predicted octanol–water partition coefficient (Wildman–Crippen LogP) is 19.6. The van der Waals surface area contributed by atoms with Crippen molar-refractivity contribution < 1.29 is 28.6 Å². The van der Waals surface area contributed by atoms with E-state index in [0.717, 1.165) is 109 Å². The van der Waals surface area contributed by atoms with E-state index in [9.17, 15) is 14.4 Å². The smallest absolute Gasteiger partial charge is 0.306 e. The zero-order valence-electron chi connectivity index (χ0n) is 45.1. The molecule has 0 saturated carbocycles. The summed E-state index contributed by atoms with van der Waals surface area (Å²) in [7, 11) is 0. The third-order valence-corrected chi connectivity index (χ3v) is 12.8. The number of rotatable bonds is 53. The van der Waals surface area contributed by atoms with E-state index in [1.807, 2.05) is 0 Å². The molecule has 0 amide bonds. The second-order valence-corrected chi connectivity index (χ2v) is 19.6. The minimum absolute atomic E-state index is 0.0842. The first-order valence-electron chi connectivity index (χ1n) is 29.3. The van der Waals surface area contributed by atoms with Crippen molar-refractivity contribution in [1.29, 1.82) is 0 Å². The molecule has 0 rings (SSSR count). The minimum atomic E-state index is -0.789. The van der Waals surface area contributed by atoms with Crippen LogP contribution in [0, 0.1) is 0 Å². The number of esters is 3. The van der Waals surface area contributed by atoms with Crippen LogP contribution in [0.5, 0.6) is 0 Å². The van der Waals surface area contributed by atoms with Crippen LogP contribution >= 0.6 is 0 Å². The molecule has 0 fully saturated rings. The molecule has 0 spiro atoms. The van der Waals surface area contributed by atoms with Crippen LogP contribution in [0.25, 0.3) is 0 Å². The monoisotopic (exact) mass is 951 g/mol. The van der Waals surface area contributed by atoms with Crippen molar-refractivity contribution in [2.24, 2.45) is 0 Å². The van der Waals surface area contributed by atoms with E-state index in [1.165, 1.54) is 148 Å². The Hall–Kier alpha value is -2.89. The number of carbonyl (C=O) groups is 3. The molecule has 6 nitrogen and oxygen atoms in total. The SMILES string of the molecule is CCCC\C=C/C=C/C=C\CCCCCCCC(=O)OCC(COC(=O)CCCCCCCCCCCCCCCCCCCCCC)OC(=O)CCCCCCC/C=C\C/C=C\CCCCC. The molecule has 394 valence electrons. The summed E-state index contributed by atoms with van der Waals surface area (Å²) in [6.45, 7) is 6.57. The molecule has 1 unspecified atom stereocenters. The summed E-state index contributed by atoms with van der Waals surface area (Å²) in [5.41, 5.74) is 0. The quantitative estimate of drug-likeness (QED) is 0.0199. The summed E-state index contributed by atoms with van der Waals surface area (Å²) >= 11 is 0. The second kappa shape index (κ2) is 56.7. The average Bonchev–Trinajstić information content (AvgIpc) is 3.34. The van der Waals surface area contributed by atoms with Crippen LogP contribution < -0.4 is 0 Å². The lowest BCUT2D eigenvalue weighted by Crippen LogP contribution is -2.30. The highest BCUT2D eigenvalue weighted by Gasteiger charge is 2.19. The van der Waals surface area contributed by atoms with Crippen molar-refractivity contribution in [2.75, 3.05) is 13.2 Å². The van der Waals surface area contributed by atoms with Crippen LogP contribution in [0.4, 0.5) is 0 Å². The number of hydrogen-bond acceptors (Lipinski definition) is 6. The molecule has 0 aromatic heterocycles. The van der Waals surface area contributed by atoms with E-state index in [4.69, 9.17) is 14.2 Å². The summed E-state index contributed by atoms with van der Waals surface area (Å²) in [5.74, 6) is -0.906. The Balaban J connectivity index is 4.37. The lowest BCUT2D eigenvalue weighted by molar-refractivity contribution is -0.167. The molecular weight excluding hydrogens is 841 g/mol. The minimum Gasteiger partial charge on any atom is -0.462 e. The van der Waals surface area contributed by atoms with Gasteiger partial charge in [0.05, 0.1) is 0 Å². The maximum atomic E-state index is 12.8. The van der Waals surface area contributed by atoms with Crippen LogP contribution in [0.2, 0.25) is 0 Å². The third-order valence-electron chi connectivity index (χ3n) is 12.8. The van der Waals surface area contributed by atoms with Gasteiger partial charge in [0.25, 0.3) is 0 Å². The first-order valence-corrected chi connectivity index (χ1v) is 29.3. The van der Waals surface area contributed by atoms with Gasteiger partial charge in [-0.15, -0.1) is 0 Å². The average molecular weight is 952 g/mol. The molecule has 68 heavy (non-hydrogen) atoms. The molecule has 0 aliphatic heterocycles. The molecule has 0 aromatic rings. The topological polar surface area (TPSA) is 78.9 Å². The number of carbonyl (C=O) groups excluding carboxylic acids is 3. The molecular formula is C62H110O6. The van der Waals surface area contributed by atoms with Gasteiger partial charge < -0.3 is 14.2 Å². The highest BCUT2D eigenvalue weighted by Crippen LogP contribution is 2.16. The van der Waals surface area contributed by atoms with Crippen LogP contribution in [-0.4, -0.2) is 37.2 Å². The first-order chi connectivity index (χ1) is 33.5. The number of unbranched alkanes of at least 4 members (excludes halogenated alkanes) is 34. The lowest BCUT2D eigenvalue weighted by Gasteiger charge is -2.18. The van der Waals surface area contributed by atoms with Crippen LogP contribution in [-0.2, 0) is 28.6 Å². The Bertz CT molecular complexity index is 1230. The molecule has 0 saturated heterocycles. The maximum absolute atomic E-state index is 12.8. The number of allylic oxidation sites excluding steroid dienone is 10. The fourth-order valence-corrected chi connectivity index (χ4v) is 8.34. The molecule has 0 aromatic carbocycles. The van der Waals surface area contributed by atoms with E-state index >= 15 is 0 Å². The van der Waals surface area contributed by atoms with Gasteiger partial charge in [0.1, 0.15) is 13.2 Å². The van der Waals surface area contributed by atoms with Gasteiger partial charge in [-0.05, 0) is 70.6 Å². The number of ether oxygens (including phenoxy) is 3. The highest BCUT2D eigenvalue weighted by molar-refractivity contribution is 5.71. The van der Waals surface area contributed by atoms with Crippen molar-refractivity contribution in [3.05, 3.63) is 60.8 Å². The van der Waals surface area contributed by atoms with E-state index in [1.54, 1.807) is 0 Å². The van der Waals surface area contributed by atoms with Crippen LogP contribution in [0.15, 0.2) is 60.8 Å². The summed E-state index contributed by atoms with van der Waals surface area (Å²) in [6.07, 6.45) is 70.7. The molecule has 0 aliphatic rings. The highest BCUT2D eigenvalue weighted by atomic mass is 16.6. The normalized spacial score (nSPS) is 12.5. The molecule has 0 bridgehead atoms. The Morgan fingerprint density at radius 2 is 0.603 bits per heavy atom. The predicted molar refractivity (Wildman–Crippen MR) is 293 cm³/mol. The fraction of sp³-hybridized carbons (Fsp3) is 0.790. The Labute approximate surface area is 421 Å². The van der Waals surface area contributed by atoms with Gasteiger partial charge in [0, 0.05) is 19.3 Å². The van der Waals surface area contributed by atoms with Gasteiger partial charge in [0.15, 0.2) is 6.10 Å². The fourth-order valence-electron chi connectivity index (χ4n) is 8.34. The molecule has 1 atom stereocenters. The third kappa shape index (κ3) is 54.1. The second-order valence-electron chi connectivity index (χ2n) is 19.6. The summed E-state index contributed by atoms with van der Waals surface area (Å²) in [5, 5.41) is 0. The Morgan fingerprint density at radius 3 is 1.00 bits per heavy atom. The maximum Gasteiger partial charge on any atom is 0.306 e. The van der Waals surface area contributed by atoms with Crippen molar-refractivity contribution in [1.82, 2.24) is 0 Å². The van der Waals surface area contributed by atoms with Gasteiger partial charge in [-0.25, -0.2) is 0 Å². The van der Waals surface area contributed by atoms with Crippen molar-refractivity contribution in [3.63, 3.8) is 0 Å². The van der Waals surface area contributed by atoms with Gasteiger partial charge in [-0.2, -0.15) is 0 Å². The largest absolute Gasteiger partial charge is 0.462 e. The van der Waals surface area contributed by atoms with Gasteiger partial charge >= 0.3 is 17.9 Å². The Morgan fingerprint density at radius 1 is 0.309 bits per heavy atom. The van der Waals surface area contributed by atoms with E-state index in [2.05, 4.69) is 81.5 Å². The van der Waals surface area contributed by atoms with Crippen molar-refractivity contribution in [2.45, 2.75) is 303 Å². The molecule has 6 heteroatoms. The van der Waals surface area contributed by atoms with Crippen molar-refractivity contribution >= 4 is 17.9 Å². The summed E-state index contributed by atoms with van der Waals surface area (Å²) < 4.78 is 16.9. The Kier molecular flexibility index (Phi) is 54.3. The van der Waals surface area contributed by atoms with Crippen LogP contribution in [0.3, 0.4) is 0 Å². The van der Waals surface area contributed by atoms with Crippen LogP contribution in [0.1, 0.15) is 297 Å². The number of hydrogen-bond donors (Lipinski definition) is 0.